The first-order valence-corrected chi connectivity index (χ1v) is 4.85. The molecule has 1 aliphatic rings. The molecule has 14 heavy (non-hydrogen) atoms. The van der Waals surface area contributed by atoms with Crippen molar-refractivity contribution in [3.63, 3.8) is 0 Å². The molecule has 1 aliphatic heterocycles. The fraction of sp³-hybridized carbons (Fsp3) is 0.889. The lowest BCUT2D eigenvalue weighted by atomic mass is 9.98. The van der Waals surface area contributed by atoms with Crippen LogP contribution in [0.15, 0.2) is 0 Å². The predicted octanol–water partition coefficient (Wildman–Crippen LogP) is 1.24. The first kappa shape index (κ1) is 11.2. The van der Waals surface area contributed by atoms with Gasteiger partial charge in [0.15, 0.2) is 0 Å². The number of aliphatic hydroxyl groups is 1. The number of carbonyl (C=O) groups is 1. The van der Waals surface area contributed by atoms with Gasteiger partial charge in [-0.3, -0.25) is 0 Å². The van der Waals surface area contributed by atoms with Crippen LogP contribution in [0.1, 0.15) is 25.7 Å². The van der Waals surface area contributed by atoms with Gasteiger partial charge in [-0.1, -0.05) is 0 Å². The maximum absolute atomic E-state index is 13.9. The zero-order valence-corrected chi connectivity index (χ0v) is 8.08. The molecule has 0 aromatic rings. The molecule has 1 rings (SSSR count). The van der Waals surface area contributed by atoms with Gasteiger partial charge in [-0.25, -0.2) is 9.18 Å². The van der Waals surface area contributed by atoms with Gasteiger partial charge < -0.3 is 15.1 Å². The third-order valence-corrected chi connectivity index (χ3v) is 2.61. The normalized spacial score (nSPS) is 26.9. The van der Waals surface area contributed by atoms with E-state index in [1.165, 1.54) is 0 Å². The third kappa shape index (κ3) is 2.83. The topological polar surface area (TPSA) is 60.8 Å². The number of hydrogen-bond donors (Lipinski definition) is 2. The second-order valence-electron chi connectivity index (χ2n) is 3.79. The number of nitrogens with zero attached hydrogens (tertiary/aromatic N) is 1. The molecule has 1 unspecified atom stereocenters. The summed E-state index contributed by atoms with van der Waals surface area (Å²) in [5.41, 5.74) is -1.37. The van der Waals surface area contributed by atoms with Gasteiger partial charge in [0, 0.05) is 19.6 Å². The average molecular weight is 205 g/mol. The van der Waals surface area contributed by atoms with Crippen LogP contribution in [0.4, 0.5) is 9.18 Å². The SMILES string of the molecule is O=C(O)N1CCC(F)(CCCCO)C1. The van der Waals surface area contributed by atoms with Gasteiger partial charge >= 0.3 is 6.09 Å². The molecule has 0 radical (unpaired) electrons. The van der Waals surface area contributed by atoms with Crippen molar-refractivity contribution in [2.45, 2.75) is 31.4 Å². The highest BCUT2D eigenvalue weighted by molar-refractivity contribution is 5.65. The minimum atomic E-state index is -1.37. The Morgan fingerprint density at radius 1 is 1.50 bits per heavy atom. The second kappa shape index (κ2) is 4.59. The third-order valence-electron chi connectivity index (χ3n) is 2.61. The molecule has 0 aromatic heterocycles. The first-order valence-electron chi connectivity index (χ1n) is 4.85. The van der Waals surface area contributed by atoms with Crippen LogP contribution in [-0.4, -0.2) is 46.6 Å². The standard InChI is InChI=1S/C9H16FNO3/c10-9(3-1-2-6-12)4-5-11(7-9)8(13)14/h12H,1-7H2,(H,13,14). The molecule has 1 amide bonds. The number of alkyl halides is 1. The van der Waals surface area contributed by atoms with Crippen LogP contribution in [0.2, 0.25) is 0 Å². The monoisotopic (exact) mass is 205 g/mol. The lowest BCUT2D eigenvalue weighted by Crippen LogP contribution is -2.32. The fourth-order valence-corrected chi connectivity index (χ4v) is 1.76. The molecular formula is C9H16FNO3. The van der Waals surface area contributed by atoms with Gasteiger partial charge in [-0.15, -0.1) is 0 Å². The van der Waals surface area contributed by atoms with Gasteiger partial charge in [-0.2, -0.15) is 0 Å². The second-order valence-corrected chi connectivity index (χ2v) is 3.79. The highest BCUT2D eigenvalue weighted by Crippen LogP contribution is 2.30. The lowest BCUT2D eigenvalue weighted by molar-refractivity contribution is 0.126. The van der Waals surface area contributed by atoms with Crippen molar-refractivity contribution in [2.24, 2.45) is 0 Å². The number of amides is 1. The van der Waals surface area contributed by atoms with E-state index < -0.39 is 11.8 Å². The summed E-state index contributed by atoms with van der Waals surface area (Å²) in [6, 6.07) is 0. The van der Waals surface area contributed by atoms with Crippen LogP contribution >= 0.6 is 0 Å². The number of carboxylic acid groups (broad SMARTS) is 1. The number of hydrogen-bond acceptors (Lipinski definition) is 2. The molecular weight excluding hydrogens is 189 g/mol. The molecule has 1 saturated heterocycles. The summed E-state index contributed by atoms with van der Waals surface area (Å²) in [6.07, 6.45) is 0.771. The first-order chi connectivity index (χ1) is 6.57. The smallest absolute Gasteiger partial charge is 0.407 e. The van der Waals surface area contributed by atoms with Crippen LogP contribution in [0.25, 0.3) is 0 Å². The van der Waals surface area contributed by atoms with Crippen molar-refractivity contribution >= 4 is 6.09 Å². The summed E-state index contributed by atoms with van der Waals surface area (Å²) in [5.74, 6) is 0. The Balaban J connectivity index is 2.33. The molecule has 1 fully saturated rings. The minimum Gasteiger partial charge on any atom is -0.465 e. The summed E-state index contributed by atoms with van der Waals surface area (Å²) < 4.78 is 13.9. The van der Waals surface area contributed by atoms with Crippen LogP contribution in [-0.2, 0) is 0 Å². The fourth-order valence-electron chi connectivity index (χ4n) is 1.76. The van der Waals surface area contributed by atoms with Gasteiger partial charge in [0.2, 0.25) is 0 Å². The maximum atomic E-state index is 13.9. The summed E-state index contributed by atoms with van der Waals surface area (Å²) in [7, 11) is 0. The molecule has 82 valence electrons. The summed E-state index contributed by atoms with van der Waals surface area (Å²) >= 11 is 0. The molecule has 1 heterocycles. The molecule has 0 saturated carbocycles. The quantitative estimate of drug-likeness (QED) is 0.679. The van der Waals surface area contributed by atoms with E-state index in [1.54, 1.807) is 0 Å². The number of halogens is 1. The van der Waals surface area contributed by atoms with Crippen LogP contribution < -0.4 is 0 Å². The van der Waals surface area contributed by atoms with E-state index in [2.05, 4.69) is 0 Å². The van der Waals surface area contributed by atoms with Gasteiger partial charge in [0.25, 0.3) is 0 Å². The largest absolute Gasteiger partial charge is 0.465 e. The Morgan fingerprint density at radius 2 is 2.21 bits per heavy atom. The molecule has 0 spiro atoms. The van der Waals surface area contributed by atoms with Gasteiger partial charge in [0.05, 0.1) is 6.54 Å². The van der Waals surface area contributed by atoms with E-state index in [-0.39, 0.29) is 26.1 Å². The van der Waals surface area contributed by atoms with E-state index in [9.17, 15) is 9.18 Å². The number of rotatable bonds is 4. The highest BCUT2D eigenvalue weighted by Gasteiger charge is 2.39. The van der Waals surface area contributed by atoms with Crippen molar-refractivity contribution in [3.05, 3.63) is 0 Å². The van der Waals surface area contributed by atoms with Crippen molar-refractivity contribution in [1.82, 2.24) is 4.90 Å². The Labute approximate surface area is 82.3 Å². The van der Waals surface area contributed by atoms with Crippen molar-refractivity contribution < 1.29 is 19.4 Å². The molecule has 0 aliphatic carbocycles. The van der Waals surface area contributed by atoms with Crippen molar-refractivity contribution in [1.29, 1.82) is 0 Å². The lowest BCUT2D eigenvalue weighted by Gasteiger charge is -2.19. The molecule has 5 heteroatoms. The zero-order chi connectivity index (χ0) is 10.6. The Bertz CT molecular complexity index is 212. The molecule has 2 N–H and O–H groups in total. The molecule has 0 aromatic carbocycles. The van der Waals surface area contributed by atoms with Crippen LogP contribution in [0, 0.1) is 0 Å². The van der Waals surface area contributed by atoms with E-state index in [1.807, 2.05) is 0 Å². The maximum Gasteiger partial charge on any atom is 0.407 e. The van der Waals surface area contributed by atoms with E-state index in [0.717, 1.165) is 4.90 Å². The number of likely N-dealkylation sites (tertiary alicyclic amines) is 1. The van der Waals surface area contributed by atoms with E-state index in [4.69, 9.17) is 10.2 Å². The van der Waals surface area contributed by atoms with E-state index in [0.29, 0.717) is 19.3 Å². The average Bonchev–Trinajstić information content (AvgIpc) is 2.49. The van der Waals surface area contributed by atoms with E-state index >= 15 is 0 Å². The Morgan fingerprint density at radius 3 is 2.71 bits per heavy atom. The van der Waals surface area contributed by atoms with Crippen LogP contribution in [0.3, 0.4) is 0 Å². The molecule has 4 nitrogen and oxygen atoms in total. The Kier molecular flexibility index (Phi) is 3.69. The number of unbranched alkanes of at least 4 members (excludes halogenated alkanes) is 1. The highest BCUT2D eigenvalue weighted by atomic mass is 19.1. The van der Waals surface area contributed by atoms with Gasteiger partial charge in [0.1, 0.15) is 5.67 Å². The molecule has 1 atom stereocenters. The summed E-state index contributed by atoms with van der Waals surface area (Å²) in [6.45, 7) is 0.331. The van der Waals surface area contributed by atoms with Crippen molar-refractivity contribution in [3.8, 4) is 0 Å². The Hall–Kier alpha value is -0.840. The van der Waals surface area contributed by atoms with Crippen molar-refractivity contribution in [2.75, 3.05) is 19.7 Å². The summed E-state index contributed by atoms with van der Waals surface area (Å²) in [5, 5.41) is 17.2. The summed E-state index contributed by atoms with van der Waals surface area (Å²) in [4.78, 5) is 11.6. The predicted molar refractivity (Wildman–Crippen MR) is 49.0 cm³/mol. The van der Waals surface area contributed by atoms with Gasteiger partial charge in [-0.05, 0) is 19.3 Å². The number of aliphatic hydroxyl groups excluding tert-OH is 1. The zero-order valence-electron chi connectivity index (χ0n) is 8.08. The minimum absolute atomic E-state index is 0.0201. The molecule has 0 bridgehead atoms. The van der Waals surface area contributed by atoms with Crippen LogP contribution in [0.5, 0.6) is 0 Å².